The summed E-state index contributed by atoms with van der Waals surface area (Å²) in [6.45, 7) is 0. The topological polar surface area (TPSA) is 54.1 Å². The highest BCUT2D eigenvalue weighted by Crippen LogP contribution is 2.38. The number of carbonyl (C=O) groups excluding carboxylic acids is 1. The number of aromatic nitrogens is 1. The highest BCUT2D eigenvalue weighted by molar-refractivity contribution is 6.31. The monoisotopic (exact) mass is 358 g/mol. The van der Waals surface area contributed by atoms with Gasteiger partial charge in [-0.05, 0) is 23.8 Å². The van der Waals surface area contributed by atoms with Gasteiger partial charge in [-0.15, -0.1) is 0 Å². The van der Waals surface area contributed by atoms with Gasteiger partial charge in [-0.2, -0.15) is 0 Å². The summed E-state index contributed by atoms with van der Waals surface area (Å²) < 4.78 is 19.4. The molecular weight excluding hydrogens is 343 g/mol. The molecule has 1 aliphatic heterocycles. The van der Waals surface area contributed by atoms with Crippen LogP contribution in [0.3, 0.4) is 0 Å². The molecule has 2 N–H and O–H groups in total. The van der Waals surface area contributed by atoms with Gasteiger partial charge in [-0.1, -0.05) is 35.9 Å². The second-order valence-corrected chi connectivity index (χ2v) is 6.48. The van der Waals surface area contributed by atoms with E-state index in [0.29, 0.717) is 17.0 Å². The van der Waals surface area contributed by atoms with Gasteiger partial charge in [0.2, 0.25) is 0 Å². The van der Waals surface area contributed by atoms with Crippen molar-refractivity contribution in [1.82, 2.24) is 10.3 Å². The van der Waals surface area contributed by atoms with E-state index in [2.05, 4.69) is 10.3 Å². The van der Waals surface area contributed by atoms with Crippen LogP contribution < -0.4 is 5.32 Å². The van der Waals surface area contributed by atoms with Crippen LogP contribution in [0, 0.1) is 5.82 Å². The van der Waals surface area contributed by atoms with E-state index >= 15 is 0 Å². The number of benzene rings is 2. The lowest BCUT2D eigenvalue weighted by molar-refractivity contribution is -0.143. The second-order valence-electron chi connectivity index (χ2n) is 6.08. The zero-order valence-corrected chi connectivity index (χ0v) is 14.2. The molecule has 0 saturated heterocycles. The molecule has 2 atom stereocenters. The zero-order chi connectivity index (χ0) is 17.6. The van der Waals surface area contributed by atoms with Crippen molar-refractivity contribution in [2.75, 3.05) is 7.11 Å². The summed E-state index contributed by atoms with van der Waals surface area (Å²) in [5.41, 5.74) is 3.07. The Morgan fingerprint density at radius 3 is 2.80 bits per heavy atom. The molecule has 25 heavy (non-hydrogen) atoms. The van der Waals surface area contributed by atoms with Crippen LogP contribution in [-0.4, -0.2) is 24.1 Å². The molecule has 4 rings (SSSR count). The third-order valence-electron chi connectivity index (χ3n) is 4.69. The van der Waals surface area contributed by atoms with Crippen molar-refractivity contribution < 1.29 is 13.9 Å². The van der Waals surface area contributed by atoms with Gasteiger partial charge in [-0.3, -0.25) is 10.1 Å². The van der Waals surface area contributed by atoms with E-state index in [4.69, 9.17) is 16.3 Å². The first-order valence-corrected chi connectivity index (χ1v) is 8.35. The Hall–Kier alpha value is -2.37. The van der Waals surface area contributed by atoms with E-state index in [0.717, 1.165) is 22.2 Å². The van der Waals surface area contributed by atoms with Crippen molar-refractivity contribution in [3.8, 4) is 0 Å². The van der Waals surface area contributed by atoms with E-state index in [9.17, 15) is 9.18 Å². The Morgan fingerprint density at radius 2 is 2.04 bits per heavy atom. The minimum atomic E-state index is -0.572. The lowest BCUT2D eigenvalue weighted by Crippen LogP contribution is -2.45. The minimum absolute atomic E-state index is 0.313. The maximum absolute atomic E-state index is 14.5. The number of rotatable bonds is 2. The molecule has 0 bridgehead atoms. The first-order chi connectivity index (χ1) is 12.1. The molecule has 6 heteroatoms. The van der Waals surface area contributed by atoms with Crippen LogP contribution in [0.4, 0.5) is 4.39 Å². The zero-order valence-electron chi connectivity index (χ0n) is 13.5. The van der Waals surface area contributed by atoms with Crippen molar-refractivity contribution >= 4 is 28.5 Å². The number of hydrogen-bond donors (Lipinski definition) is 2. The van der Waals surface area contributed by atoms with Gasteiger partial charge < -0.3 is 9.72 Å². The molecule has 0 saturated carbocycles. The van der Waals surface area contributed by atoms with Crippen LogP contribution in [0.15, 0.2) is 42.5 Å². The average molecular weight is 359 g/mol. The van der Waals surface area contributed by atoms with Gasteiger partial charge in [0.15, 0.2) is 0 Å². The van der Waals surface area contributed by atoms with Crippen LogP contribution in [0.1, 0.15) is 22.9 Å². The summed E-state index contributed by atoms with van der Waals surface area (Å²) in [7, 11) is 1.35. The van der Waals surface area contributed by atoms with E-state index in [1.807, 2.05) is 24.3 Å². The molecule has 0 spiro atoms. The number of hydrogen-bond acceptors (Lipinski definition) is 3. The summed E-state index contributed by atoms with van der Waals surface area (Å²) in [6, 6.07) is 11.3. The second kappa shape index (κ2) is 6.17. The first-order valence-electron chi connectivity index (χ1n) is 7.97. The number of esters is 1. The summed E-state index contributed by atoms with van der Waals surface area (Å²) >= 11 is 6.28. The summed E-state index contributed by atoms with van der Waals surface area (Å²) in [6.07, 6.45) is 0.467. The van der Waals surface area contributed by atoms with Gasteiger partial charge >= 0.3 is 5.97 Å². The highest BCUT2D eigenvalue weighted by atomic mass is 35.5. The van der Waals surface area contributed by atoms with Gasteiger partial charge in [0.1, 0.15) is 11.9 Å². The number of methoxy groups -OCH3 is 1. The number of carbonyl (C=O) groups is 1. The van der Waals surface area contributed by atoms with Crippen LogP contribution in [0.25, 0.3) is 10.9 Å². The number of halogens is 2. The molecule has 0 radical (unpaired) electrons. The molecule has 0 fully saturated rings. The number of nitrogens with one attached hydrogen (secondary N) is 2. The lowest BCUT2D eigenvalue weighted by atomic mass is 9.90. The van der Waals surface area contributed by atoms with Crippen molar-refractivity contribution in [1.29, 1.82) is 0 Å². The van der Waals surface area contributed by atoms with Crippen LogP contribution >= 0.6 is 11.6 Å². The van der Waals surface area contributed by atoms with Crippen molar-refractivity contribution in [2.24, 2.45) is 0 Å². The van der Waals surface area contributed by atoms with Crippen molar-refractivity contribution in [2.45, 2.75) is 18.5 Å². The predicted octanol–water partition coefficient (Wildman–Crippen LogP) is 3.74. The summed E-state index contributed by atoms with van der Waals surface area (Å²) in [5, 5.41) is 4.52. The van der Waals surface area contributed by atoms with Crippen LogP contribution in [-0.2, 0) is 16.0 Å². The number of para-hydroxylation sites is 1. The molecule has 4 nitrogen and oxygen atoms in total. The molecule has 3 aromatic rings. The van der Waals surface area contributed by atoms with Crippen LogP contribution in [0.2, 0.25) is 5.02 Å². The SMILES string of the molecule is COC(=O)[C@H]1Cc2c([nH]c3ccccc23)[C@H](c2c(F)cccc2Cl)N1. The first kappa shape index (κ1) is 16.1. The maximum atomic E-state index is 14.5. The molecule has 0 aliphatic carbocycles. The highest BCUT2D eigenvalue weighted by Gasteiger charge is 2.36. The minimum Gasteiger partial charge on any atom is -0.468 e. The third-order valence-corrected chi connectivity index (χ3v) is 5.02. The van der Waals surface area contributed by atoms with Crippen molar-refractivity contribution in [3.05, 3.63) is 70.1 Å². The Morgan fingerprint density at radius 1 is 1.24 bits per heavy atom. The Balaban J connectivity index is 1.93. The fourth-order valence-electron chi connectivity index (χ4n) is 3.54. The van der Waals surface area contributed by atoms with E-state index < -0.39 is 17.9 Å². The van der Waals surface area contributed by atoms with E-state index in [1.165, 1.54) is 13.2 Å². The predicted molar refractivity (Wildman–Crippen MR) is 94.2 cm³/mol. The fraction of sp³-hybridized carbons (Fsp3) is 0.211. The standard InChI is InChI=1S/C19H16ClFN2O2/c1-25-19(24)15-9-11-10-5-2-3-8-14(10)22-17(11)18(23-15)16-12(20)6-4-7-13(16)21/h2-8,15,18,22-23H,9H2,1H3/t15-,18+/m1/s1. The number of H-pyrrole nitrogens is 1. The molecule has 0 amide bonds. The summed E-state index contributed by atoms with van der Waals surface area (Å²) in [5.74, 6) is -0.798. The Labute approximate surface area is 148 Å². The largest absolute Gasteiger partial charge is 0.468 e. The molecule has 1 aromatic heterocycles. The van der Waals surface area contributed by atoms with Crippen molar-refractivity contribution in [3.63, 3.8) is 0 Å². The molecule has 1 aliphatic rings. The normalized spacial score (nSPS) is 19.6. The molecule has 128 valence electrons. The van der Waals surface area contributed by atoms with E-state index in [1.54, 1.807) is 12.1 Å². The Kier molecular flexibility index (Phi) is 3.98. The van der Waals surface area contributed by atoms with Gasteiger partial charge in [0.25, 0.3) is 0 Å². The van der Waals surface area contributed by atoms with Crippen LogP contribution in [0.5, 0.6) is 0 Å². The molecule has 2 aromatic carbocycles. The average Bonchev–Trinajstić information content (AvgIpc) is 2.99. The van der Waals surface area contributed by atoms with Gasteiger partial charge in [0.05, 0.1) is 13.2 Å². The number of ether oxygens (including phenoxy) is 1. The van der Waals surface area contributed by atoms with Gasteiger partial charge in [0, 0.05) is 33.6 Å². The molecule has 0 unspecified atom stereocenters. The number of fused-ring (bicyclic) bond motifs is 3. The molecular formula is C19H16ClFN2O2. The quantitative estimate of drug-likeness (QED) is 0.686. The smallest absolute Gasteiger partial charge is 0.323 e. The molecule has 2 heterocycles. The fourth-order valence-corrected chi connectivity index (χ4v) is 3.81. The lowest BCUT2D eigenvalue weighted by Gasteiger charge is -2.30. The number of aromatic amines is 1. The third kappa shape index (κ3) is 2.60. The summed E-state index contributed by atoms with van der Waals surface area (Å²) in [4.78, 5) is 15.5. The maximum Gasteiger partial charge on any atom is 0.323 e. The van der Waals surface area contributed by atoms with Gasteiger partial charge in [-0.25, -0.2) is 4.39 Å². The Bertz CT molecular complexity index is 949. The van der Waals surface area contributed by atoms with E-state index in [-0.39, 0.29) is 5.97 Å².